The fraction of sp³-hybridized carbons (Fsp3) is 0.632. The number of hydrogen-bond acceptors (Lipinski definition) is 2. The van der Waals surface area contributed by atoms with E-state index in [4.69, 9.17) is 5.73 Å². The van der Waals surface area contributed by atoms with E-state index >= 15 is 0 Å². The van der Waals surface area contributed by atoms with Crippen LogP contribution < -0.4 is 10.6 Å². The highest BCUT2D eigenvalue weighted by molar-refractivity contribution is 14.0. The minimum Gasteiger partial charge on any atom is -0.372 e. The Kier molecular flexibility index (Phi) is 7.19. The number of nitrogens with zero attached hydrogens (tertiary/aromatic N) is 3. The molecule has 0 heterocycles. The van der Waals surface area contributed by atoms with Gasteiger partial charge in [-0.25, -0.2) is 4.99 Å². The zero-order valence-electron chi connectivity index (χ0n) is 14.9. The summed E-state index contributed by atoms with van der Waals surface area (Å²) in [6.45, 7) is 0.663. The number of rotatable bonds is 5. The standard InChI is InChI=1S/C19H30N4.HI/c1-22(16-6-4-3-5-7-16)17-10-8-15(9-11-17)14-21-19(20)23(2)18-12-13-18;/h8-11,16,18H,3-7,12-14H2,1-2H3,(H2,20,21);1H. The first-order chi connectivity index (χ1) is 11.1. The van der Waals surface area contributed by atoms with Gasteiger partial charge in [0, 0.05) is 31.9 Å². The smallest absolute Gasteiger partial charge is 0.191 e. The van der Waals surface area contributed by atoms with E-state index in [1.807, 2.05) is 7.05 Å². The molecule has 0 aliphatic heterocycles. The fourth-order valence-electron chi connectivity index (χ4n) is 3.45. The van der Waals surface area contributed by atoms with Crippen molar-refractivity contribution in [1.82, 2.24) is 4.90 Å². The van der Waals surface area contributed by atoms with Gasteiger partial charge in [-0.05, 0) is 43.4 Å². The van der Waals surface area contributed by atoms with E-state index in [0.717, 1.165) is 0 Å². The first-order valence-corrected chi connectivity index (χ1v) is 8.99. The van der Waals surface area contributed by atoms with Crippen molar-refractivity contribution < 1.29 is 0 Å². The third kappa shape index (κ3) is 5.01. The molecule has 0 aromatic heterocycles. The Morgan fingerprint density at radius 2 is 1.62 bits per heavy atom. The van der Waals surface area contributed by atoms with E-state index in [-0.39, 0.29) is 24.0 Å². The molecule has 2 aliphatic rings. The molecule has 0 amide bonds. The minimum atomic E-state index is 0. The summed E-state index contributed by atoms with van der Waals surface area (Å²) in [5.74, 6) is 0.663. The zero-order valence-corrected chi connectivity index (χ0v) is 17.3. The van der Waals surface area contributed by atoms with Crippen molar-refractivity contribution in [2.45, 2.75) is 63.6 Å². The van der Waals surface area contributed by atoms with Crippen LogP contribution in [-0.4, -0.2) is 37.0 Å². The van der Waals surface area contributed by atoms with Gasteiger partial charge in [0.1, 0.15) is 0 Å². The molecular weight excluding hydrogens is 411 g/mol. The summed E-state index contributed by atoms with van der Waals surface area (Å²) in [6, 6.07) is 10.1. The molecule has 0 unspecified atom stereocenters. The van der Waals surface area contributed by atoms with Gasteiger partial charge in [0.25, 0.3) is 0 Å². The van der Waals surface area contributed by atoms with E-state index in [9.17, 15) is 0 Å². The molecule has 24 heavy (non-hydrogen) atoms. The molecule has 2 saturated carbocycles. The number of guanidine groups is 1. The lowest BCUT2D eigenvalue weighted by Crippen LogP contribution is -2.35. The van der Waals surface area contributed by atoms with Crippen molar-refractivity contribution >= 4 is 35.6 Å². The molecule has 0 spiro atoms. The summed E-state index contributed by atoms with van der Waals surface area (Å²) in [6.07, 6.45) is 9.28. The Morgan fingerprint density at radius 1 is 1.00 bits per heavy atom. The third-order valence-corrected chi connectivity index (χ3v) is 5.35. The third-order valence-electron chi connectivity index (χ3n) is 5.35. The molecule has 134 valence electrons. The summed E-state index contributed by atoms with van der Waals surface area (Å²) < 4.78 is 0. The average Bonchev–Trinajstić information content (AvgIpc) is 3.44. The van der Waals surface area contributed by atoms with E-state index in [2.05, 4.69) is 46.1 Å². The Morgan fingerprint density at radius 3 is 2.21 bits per heavy atom. The lowest BCUT2D eigenvalue weighted by Gasteiger charge is -2.33. The molecule has 1 aromatic carbocycles. The first-order valence-electron chi connectivity index (χ1n) is 8.99. The Bertz CT molecular complexity index is 533. The molecule has 0 bridgehead atoms. The van der Waals surface area contributed by atoms with E-state index in [0.29, 0.717) is 24.6 Å². The molecule has 0 saturated heterocycles. The predicted molar refractivity (Wildman–Crippen MR) is 113 cm³/mol. The highest BCUT2D eigenvalue weighted by Crippen LogP contribution is 2.27. The molecule has 4 nitrogen and oxygen atoms in total. The van der Waals surface area contributed by atoms with Gasteiger partial charge in [0.2, 0.25) is 0 Å². The molecule has 2 fully saturated rings. The maximum atomic E-state index is 6.05. The van der Waals surface area contributed by atoms with Crippen LogP contribution in [0.25, 0.3) is 0 Å². The number of hydrogen-bond donors (Lipinski definition) is 1. The van der Waals surface area contributed by atoms with Gasteiger partial charge in [0.05, 0.1) is 6.54 Å². The number of halogens is 1. The van der Waals surface area contributed by atoms with E-state index in [1.165, 1.54) is 56.2 Å². The Balaban J connectivity index is 0.00000208. The van der Waals surface area contributed by atoms with Gasteiger partial charge < -0.3 is 15.5 Å². The summed E-state index contributed by atoms with van der Waals surface area (Å²) in [4.78, 5) is 9.07. The van der Waals surface area contributed by atoms with Gasteiger partial charge in [0.15, 0.2) is 5.96 Å². The lowest BCUT2D eigenvalue weighted by atomic mass is 9.94. The number of aliphatic imine (C=N–C) groups is 1. The number of nitrogens with two attached hydrogens (primary N) is 1. The van der Waals surface area contributed by atoms with Crippen LogP contribution in [-0.2, 0) is 6.54 Å². The predicted octanol–water partition coefficient (Wildman–Crippen LogP) is 3.98. The fourth-order valence-corrected chi connectivity index (χ4v) is 3.45. The van der Waals surface area contributed by atoms with Crippen molar-refractivity contribution in [3.8, 4) is 0 Å². The second-order valence-corrected chi connectivity index (χ2v) is 7.09. The first kappa shape index (κ1) is 19.3. The van der Waals surface area contributed by atoms with Gasteiger partial charge in [-0.2, -0.15) is 0 Å². The second kappa shape index (κ2) is 8.92. The highest BCUT2D eigenvalue weighted by atomic mass is 127. The van der Waals surface area contributed by atoms with Crippen LogP contribution >= 0.6 is 24.0 Å². The molecule has 2 aliphatic carbocycles. The topological polar surface area (TPSA) is 44.9 Å². The molecular formula is C19H31IN4. The van der Waals surface area contributed by atoms with Gasteiger partial charge in [-0.15, -0.1) is 24.0 Å². The number of anilines is 1. The van der Waals surface area contributed by atoms with Crippen LogP contribution in [0, 0.1) is 0 Å². The van der Waals surface area contributed by atoms with Crippen LogP contribution in [0.15, 0.2) is 29.3 Å². The average molecular weight is 442 g/mol. The monoisotopic (exact) mass is 442 g/mol. The number of benzene rings is 1. The quantitative estimate of drug-likeness (QED) is 0.426. The van der Waals surface area contributed by atoms with Gasteiger partial charge >= 0.3 is 0 Å². The summed E-state index contributed by atoms with van der Waals surface area (Å²) in [7, 11) is 4.27. The zero-order chi connectivity index (χ0) is 16.2. The minimum absolute atomic E-state index is 0. The Hall–Kier alpha value is -0.980. The normalized spacial score (nSPS) is 18.8. The van der Waals surface area contributed by atoms with Crippen LogP contribution in [0.5, 0.6) is 0 Å². The van der Waals surface area contributed by atoms with Crippen LogP contribution in [0.4, 0.5) is 5.69 Å². The maximum Gasteiger partial charge on any atom is 0.191 e. The van der Waals surface area contributed by atoms with Crippen LogP contribution in [0.3, 0.4) is 0 Å². The van der Waals surface area contributed by atoms with Crippen molar-refractivity contribution in [3.63, 3.8) is 0 Å². The van der Waals surface area contributed by atoms with Crippen LogP contribution in [0.2, 0.25) is 0 Å². The van der Waals surface area contributed by atoms with Crippen molar-refractivity contribution in [2.75, 3.05) is 19.0 Å². The van der Waals surface area contributed by atoms with Gasteiger partial charge in [-0.1, -0.05) is 31.4 Å². The van der Waals surface area contributed by atoms with Crippen molar-refractivity contribution in [1.29, 1.82) is 0 Å². The Labute approximate surface area is 163 Å². The summed E-state index contributed by atoms with van der Waals surface area (Å²) in [5.41, 5.74) is 8.58. The van der Waals surface area contributed by atoms with E-state index in [1.54, 1.807) is 0 Å². The molecule has 2 N–H and O–H groups in total. The van der Waals surface area contributed by atoms with Crippen molar-refractivity contribution in [2.24, 2.45) is 10.7 Å². The highest BCUT2D eigenvalue weighted by Gasteiger charge is 2.27. The molecule has 3 rings (SSSR count). The van der Waals surface area contributed by atoms with E-state index < -0.39 is 0 Å². The molecule has 5 heteroatoms. The molecule has 0 radical (unpaired) electrons. The largest absolute Gasteiger partial charge is 0.372 e. The van der Waals surface area contributed by atoms with Crippen molar-refractivity contribution in [3.05, 3.63) is 29.8 Å². The second-order valence-electron chi connectivity index (χ2n) is 7.09. The molecule has 0 atom stereocenters. The summed E-state index contributed by atoms with van der Waals surface area (Å²) in [5, 5.41) is 0. The molecule has 1 aromatic rings. The van der Waals surface area contributed by atoms with Crippen LogP contribution in [0.1, 0.15) is 50.5 Å². The van der Waals surface area contributed by atoms with Gasteiger partial charge in [-0.3, -0.25) is 0 Å². The summed E-state index contributed by atoms with van der Waals surface area (Å²) >= 11 is 0. The lowest BCUT2D eigenvalue weighted by molar-refractivity contribution is 0.427. The maximum absolute atomic E-state index is 6.05. The SMILES string of the molecule is CN(C(N)=NCc1ccc(N(C)C2CCCCC2)cc1)C1CC1.I.